The Balaban J connectivity index is 2.87. The van der Waals surface area contributed by atoms with Gasteiger partial charge in [0.2, 0.25) is 0 Å². The van der Waals surface area contributed by atoms with Gasteiger partial charge in [0.05, 0.1) is 5.02 Å². The summed E-state index contributed by atoms with van der Waals surface area (Å²) < 4.78 is 14.2. The summed E-state index contributed by atoms with van der Waals surface area (Å²) in [5, 5.41) is 3.78. The van der Waals surface area contributed by atoms with Crippen LogP contribution in [-0.2, 0) is 5.33 Å². The summed E-state index contributed by atoms with van der Waals surface area (Å²) in [5.74, 6) is -0.342. The van der Waals surface area contributed by atoms with E-state index in [0.29, 0.717) is 5.33 Å². The van der Waals surface area contributed by atoms with E-state index >= 15 is 0 Å². The van der Waals surface area contributed by atoms with Gasteiger partial charge in [0.25, 0.3) is 0 Å². The van der Waals surface area contributed by atoms with Crippen molar-refractivity contribution in [2.45, 2.75) is 5.33 Å². The highest BCUT2D eigenvalue weighted by Crippen LogP contribution is 2.33. The lowest BCUT2D eigenvalue weighted by molar-refractivity contribution is 0.629. The van der Waals surface area contributed by atoms with Gasteiger partial charge >= 0.3 is 0 Å². The molecule has 2 rings (SSSR count). The molecule has 0 aliphatic heterocycles. The Bertz CT molecular complexity index is 452. The Morgan fingerprint density at radius 1 is 1.54 bits per heavy atom. The van der Waals surface area contributed by atoms with Crippen LogP contribution in [0, 0.1) is 5.82 Å². The number of benzene rings is 1. The zero-order chi connectivity index (χ0) is 9.42. The summed E-state index contributed by atoms with van der Waals surface area (Å²) in [6.45, 7) is 0. The van der Waals surface area contributed by atoms with Crippen LogP contribution in [0.3, 0.4) is 0 Å². The van der Waals surface area contributed by atoms with Crippen molar-refractivity contribution in [1.82, 2.24) is 0 Å². The molecule has 0 nitrogen and oxygen atoms in total. The van der Waals surface area contributed by atoms with Crippen molar-refractivity contribution in [3.8, 4) is 0 Å². The second-order valence-electron chi connectivity index (χ2n) is 2.62. The molecule has 0 fully saturated rings. The van der Waals surface area contributed by atoms with Crippen LogP contribution in [0.25, 0.3) is 10.1 Å². The maximum absolute atomic E-state index is 13.2. The number of rotatable bonds is 1. The minimum atomic E-state index is -0.342. The topological polar surface area (TPSA) is 0 Å². The van der Waals surface area contributed by atoms with Gasteiger partial charge in [-0.15, -0.1) is 11.3 Å². The number of hydrogen-bond acceptors (Lipinski definition) is 1. The molecular formula is C9H5BrClFS. The van der Waals surface area contributed by atoms with Gasteiger partial charge in [0, 0.05) is 10.0 Å². The first-order valence-corrected chi connectivity index (χ1v) is 6.02. The third-order valence-electron chi connectivity index (χ3n) is 1.89. The monoisotopic (exact) mass is 278 g/mol. The summed E-state index contributed by atoms with van der Waals surface area (Å²) in [6.07, 6.45) is 0. The van der Waals surface area contributed by atoms with E-state index < -0.39 is 0 Å². The van der Waals surface area contributed by atoms with Crippen molar-refractivity contribution in [2.24, 2.45) is 0 Å². The van der Waals surface area contributed by atoms with Crippen molar-refractivity contribution in [2.75, 3.05) is 0 Å². The molecular weight excluding hydrogens is 275 g/mol. The number of fused-ring (bicyclic) bond motifs is 1. The summed E-state index contributed by atoms with van der Waals surface area (Å²) in [7, 11) is 0. The molecule has 0 spiro atoms. The SMILES string of the molecule is Fc1cc2sccc2c(CBr)c1Cl. The number of thiophene rings is 1. The zero-order valence-electron chi connectivity index (χ0n) is 6.48. The quantitative estimate of drug-likeness (QED) is 0.670. The van der Waals surface area contributed by atoms with Gasteiger partial charge in [-0.2, -0.15) is 0 Å². The molecule has 0 saturated carbocycles. The van der Waals surface area contributed by atoms with Crippen molar-refractivity contribution >= 4 is 49.0 Å². The molecule has 1 aromatic carbocycles. The fourth-order valence-corrected chi connectivity index (χ4v) is 3.06. The van der Waals surface area contributed by atoms with E-state index in [4.69, 9.17) is 11.6 Å². The fourth-order valence-electron chi connectivity index (χ4n) is 1.25. The molecule has 0 radical (unpaired) electrons. The molecule has 1 aromatic heterocycles. The van der Waals surface area contributed by atoms with E-state index in [1.165, 1.54) is 17.4 Å². The van der Waals surface area contributed by atoms with Crippen LogP contribution in [0.2, 0.25) is 5.02 Å². The standard InChI is InChI=1S/C9H5BrClFS/c10-4-6-5-1-2-13-8(5)3-7(12)9(6)11/h1-3H,4H2. The zero-order valence-corrected chi connectivity index (χ0v) is 9.64. The van der Waals surface area contributed by atoms with Crippen LogP contribution < -0.4 is 0 Å². The van der Waals surface area contributed by atoms with Crippen LogP contribution in [0.15, 0.2) is 17.5 Å². The van der Waals surface area contributed by atoms with Crippen LogP contribution in [0.1, 0.15) is 5.56 Å². The average Bonchev–Trinajstić information content (AvgIpc) is 2.54. The second-order valence-corrected chi connectivity index (χ2v) is 4.50. The van der Waals surface area contributed by atoms with Crippen molar-refractivity contribution in [3.05, 3.63) is 33.9 Å². The molecule has 0 N–H and O–H groups in total. The highest BCUT2D eigenvalue weighted by atomic mass is 79.9. The Kier molecular flexibility index (Phi) is 2.58. The van der Waals surface area contributed by atoms with Crippen LogP contribution in [-0.4, -0.2) is 0 Å². The lowest BCUT2D eigenvalue weighted by Crippen LogP contribution is -1.85. The molecule has 0 bridgehead atoms. The molecule has 0 aliphatic rings. The maximum Gasteiger partial charge on any atom is 0.143 e. The van der Waals surface area contributed by atoms with E-state index in [-0.39, 0.29) is 10.8 Å². The Labute approximate surface area is 92.5 Å². The van der Waals surface area contributed by atoms with Crippen LogP contribution >= 0.6 is 38.9 Å². The molecule has 68 valence electrons. The van der Waals surface area contributed by atoms with Gasteiger partial charge < -0.3 is 0 Å². The van der Waals surface area contributed by atoms with Gasteiger partial charge in [0.1, 0.15) is 5.82 Å². The first-order chi connectivity index (χ1) is 6.24. The first kappa shape index (κ1) is 9.44. The minimum Gasteiger partial charge on any atom is -0.205 e. The van der Waals surface area contributed by atoms with Crippen molar-refractivity contribution in [3.63, 3.8) is 0 Å². The van der Waals surface area contributed by atoms with Crippen molar-refractivity contribution in [1.29, 1.82) is 0 Å². The third-order valence-corrected chi connectivity index (χ3v) is 3.72. The van der Waals surface area contributed by atoms with Crippen LogP contribution in [0.4, 0.5) is 4.39 Å². The lowest BCUT2D eigenvalue weighted by atomic mass is 10.1. The smallest absolute Gasteiger partial charge is 0.143 e. The molecule has 0 saturated heterocycles. The fraction of sp³-hybridized carbons (Fsp3) is 0.111. The molecule has 0 amide bonds. The van der Waals surface area contributed by atoms with Crippen LogP contribution in [0.5, 0.6) is 0 Å². The molecule has 0 unspecified atom stereocenters. The summed E-state index contributed by atoms with van der Waals surface area (Å²) in [5.41, 5.74) is 0.831. The van der Waals surface area contributed by atoms with E-state index in [2.05, 4.69) is 15.9 Å². The molecule has 1 heterocycles. The molecule has 4 heteroatoms. The predicted molar refractivity (Wildman–Crippen MR) is 59.4 cm³/mol. The third kappa shape index (κ3) is 1.49. The normalized spacial score (nSPS) is 11.0. The van der Waals surface area contributed by atoms with E-state index in [0.717, 1.165) is 15.6 Å². The second kappa shape index (κ2) is 3.56. The highest BCUT2D eigenvalue weighted by Gasteiger charge is 2.11. The van der Waals surface area contributed by atoms with Gasteiger partial charge in [-0.3, -0.25) is 0 Å². The predicted octanol–water partition coefficient (Wildman–Crippen LogP) is 4.59. The van der Waals surface area contributed by atoms with Gasteiger partial charge in [-0.1, -0.05) is 27.5 Å². The Morgan fingerprint density at radius 3 is 3.00 bits per heavy atom. The number of halogens is 3. The van der Waals surface area contributed by atoms with E-state index in [9.17, 15) is 4.39 Å². The Hall–Kier alpha value is -0.120. The van der Waals surface area contributed by atoms with Gasteiger partial charge in [-0.05, 0) is 28.5 Å². The lowest BCUT2D eigenvalue weighted by Gasteiger charge is -2.03. The summed E-state index contributed by atoms with van der Waals surface area (Å²) >= 11 is 10.7. The molecule has 13 heavy (non-hydrogen) atoms. The Morgan fingerprint density at radius 2 is 2.31 bits per heavy atom. The molecule has 0 aliphatic carbocycles. The van der Waals surface area contributed by atoms with Gasteiger partial charge in [0.15, 0.2) is 0 Å². The number of hydrogen-bond donors (Lipinski definition) is 0. The first-order valence-electron chi connectivity index (χ1n) is 3.64. The average molecular weight is 280 g/mol. The molecule has 0 atom stereocenters. The maximum atomic E-state index is 13.2. The van der Waals surface area contributed by atoms with Crippen molar-refractivity contribution < 1.29 is 4.39 Å². The largest absolute Gasteiger partial charge is 0.205 e. The number of alkyl halides is 1. The molecule has 2 aromatic rings. The van der Waals surface area contributed by atoms with Gasteiger partial charge in [-0.25, -0.2) is 4.39 Å². The minimum absolute atomic E-state index is 0.225. The summed E-state index contributed by atoms with van der Waals surface area (Å²) in [4.78, 5) is 0. The van der Waals surface area contributed by atoms with E-state index in [1.807, 2.05) is 11.4 Å². The highest BCUT2D eigenvalue weighted by molar-refractivity contribution is 9.08. The summed E-state index contributed by atoms with van der Waals surface area (Å²) in [6, 6.07) is 3.44. The van der Waals surface area contributed by atoms with E-state index in [1.54, 1.807) is 0 Å².